The van der Waals surface area contributed by atoms with Crippen molar-refractivity contribution >= 4 is 17.6 Å². The number of hydrogen-bond acceptors (Lipinski definition) is 3. The van der Waals surface area contributed by atoms with Gasteiger partial charge in [-0.15, -0.1) is 0 Å². The van der Waals surface area contributed by atoms with E-state index < -0.39 is 5.97 Å². The highest BCUT2D eigenvalue weighted by Gasteiger charge is 2.31. The molecule has 0 radical (unpaired) electrons. The van der Waals surface area contributed by atoms with Crippen molar-refractivity contribution < 1.29 is 14.7 Å². The van der Waals surface area contributed by atoms with Crippen molar-refractivity contribution in [3.8, 4) is 0 Å². The van der Waals surface area contributed by atoms with E-state index in [1.54, 1.807) is 0 Å². The van der Waals surface area contributed by atoms with Crippen LogP contribution < -0.4 is 4.90 Å². The molecule has 20 heavy (non-hydrogen) atoms. The average molecular weight is 274 g/mol. The summed E-state index contributed by atoms with van der Waals surface area (Å²) in [5, 5.41) is 8.98. The topological polar surface area (TPSA) is 60.9 Å². The summed E-state index contributed by atoms with van der Waals surface area (Å²) in [6, 6.07) is 7.97. The number of rotatable bonds is 3. The molecule has 1 N–H and O–H groups in total. The van der Waals surface area contributed by atoms with Crippen molar-refractivity contribution in [2.24, 2.45) is 5.92 Å². The smallest absolute Gasteiger partial charge is 0.307 e. The molecule has 0 saturated carbocycles. The van der Waals surface area contributed by atoms with Crippen molar-refractivity contribution in [3.63, 3.8) is 0 Å². The average Bonchev–Trinajstić information content (AvgIpc) is 3.04. The molecule has 0 aliphatic carbocycles. The van der Waals surface area contributed by atoms with Crippen molar-refractivity contribution in [2.75, 3.05) is 31.1 Å². The summed E-state index contributed by atoms with van der Waals surface area (Å²) in [7, 11) is 0. The first-order valence-electron chi connectivity index (χ1n) is 6.98. The minimum Gasteiger partial charge on any atom is -0.481 e. The molecule has 1 unspecified atom stereocenters. The van der Waals surface area contributed by atoms with Crippen LogP contribution in [0, 0.1) is 5.92 Å². The highest BCUT2D eigenvalue weighted by Crippen LogP contribution is 2.27. The van der Waals surface area contributed by atoms with E-state index in [1.807, 2.05) is 28.0 Å². The zero-order chi connectivity index (χ0) is 14.1. The van der Waals surface area contributed by atoms with E-state index in [1.165, 1.54) is 5.56 Å². The SMILES string of the molecule is O=C(O)C1CCN(CC(=O)N2CCc3ccccc32)C1. The van der Waals surface area contributed by atoms with E-state index in [-0.39, 0.29) is 11.8 Å². The van der Waals surface area contributed by atoms with Gasteiger partial charge in [0.05, 0.1) is 12.5 Å². The maximum absolute atomic E-state index is 12.4. The summed E-state index contributed by atoms with van der Waals surface area (Å²) in [4.78, 5) is 27.1. The lowest BCUT2D eigenvalue weighted by Crippen LogP contribution is -2.39. The number of aliphatic carboxylic acids is 1. The molecule has 1 atom stereocenters. The number of hydrogen-bond donors (Lipinski definition) is 1. The number of para-hydroxylation sites is 1. The first kappa shape index (κ1) is 13.1. The summed E-state index contributed by atoms with van der Waals surface area (Å²) in [6.45, 7) is 2.22. The Morgan fingerprint density at radius 1 is 1.25 bits per heavy atom. The lowest BCUT2D eigenvalue weighted by molar-refractivity contribution is -0.141. The van der Waals surface area contributed by atoms with Crippen molar-refractivity contribution in [1.82, 2.24) is 4.90 Å². The quantitative estimate of drug-likeness (QED) is 0.892. The summed E-state index contributed by atoms with van der Waals surface area (Å²) in [6.07, 6.45) is 1.54. The van der Waals surface area contributed by atoms with Crippen LogP contribution in [0.5, 0.6) is 0 Å². The molecule has 1 fully saturated rings. The van der Waals surface area contributed by atoms with Crippen LogP contribution in [0.25, 0.3) is 0 Å². The highest BCUT2D eigenvalue weighted by atomic mass is 16.4. The first-order valence-corrected chi connectivity index (χ1v) is 6.98. The maximum atomic E-state index is 12.4. The van der Waals surface area contributed by atoms with E-state index in [0.29, 0.717) is 26.1 Å². The lowest BCUT2D eigenvalue weighted by Gasteiger charge is -2.21. The van der Waals surface area contributed by atoms with E-state index in [0.717, 1.165) is 18.7 Å². The monoisotopic (exact) mass is 274 g/mol. The van der Waals surface area contributed by atoms with Gasteiger partial charge in [-0.3, -0.25) is 14.5 Å². The van der Waals surface area contributed by atoms with Crippen molar-refractivity contribution in [3.05, 3.63) is 29.8 Å². The Morgan fingerprint density at radius 2 is 2.05 bits per heavy atom. The van der Waals surface area contributed by atoms with Crippen molar-refractivity contribution in [2.45, 2.75) is 12.8 Å². The molecule has 1 amide bonds. The molecule has 1 aromatic rings. The molecule has 3 rings (SSSR count). The van der Waals surface area contributed by atoms with Gasteiger partial charge in [0.2, 0.25) is 5.91 Å². The zero-order valence-electron chi connectivity index (χ0n) is 11.3. The molecule has 0 bridgehead atoms. The van der Waals surface area contributed by atoms with E-state index >= 15 is 0 Å². The van der Waals surface area contributed by atoms with Crippen LogP contribution in [0.3, 0.4) is 0 Å². The fourth-order valence-corrected chi connectivity index (χ4v) is 3.05. The molecule has 2 aliphatic heterocycles. The zero-order valence-corrected chi connectivity index (χ0v) is 11.3. The molecular weight excluding hydrogens is 256 g/mol. The predicted molar refractivity (Wildman–Crippen MR) is 74.7 cm³/mol. The van der Waals surface area contributed by atoms with Gasteiger partial charge in [0, 0.05) is 18.8 Å². The second kappa shape index (κ2) is 5.25. The number of nitrogens with zero attached hydrogens (tertiary/aromatic N) is 2. The number of anilines is 1. The minimum atomic E-state index is -0.758. The fraction of sp³-hybridized carbons (Fsp3) is 0.467. The molecular formula is C15H18N2O3. The van der Waals surface area contributed by atoms with Gasteiger partial charge < -0.3 is 10.0 Å². The van der Waals surface area contributed by atoms with Crippen molar-refractivity contribution in [1.29, 1.82) is 0 Å². The van der Waals surface area contributed by atoms with Gasteiger partial charge in [0.1, 0.15) is 0 Å². The normalized spacial score (nSPS) is 22.0. The molecule has 5 nitrogen and oxygen atoms in total. The molecule has 5 heteroatoms. The Bertz CT molecular complexity index is 544. The number of carboxylic acid groups (broad SMARTS) is 1. The van der Waals surface area contributed by atoms with Gasteiger partial charge in [-0.05, 0) is 31.0 Å². The number of carboxylic acids is 1. The molecule has 106 valence electrons. The van der Waals surface area contributed by atoms with Crippen LogP contribution in [0.2, 0.25) is 0 Å². The van der Waals surface area contributed by atoms with Crippen LogP contribution in [0.15, 0.2) is 24.3 Å². The molecule has 1 saturated heterocycles. The Labute approximate surface area is 117 Å². The number of carbonyl (C=O) groups excluding carboxylic acids is 1. The van der Waals surface area contributed by atoms with Gasteiger partial charge in [-0.1, -0.05) is 18.2 Å². The van der Waals surface area contributed by atoms with Gasteiger partial charge in [-0.25, -0.2) is 0 Å². The first-order chi connectivity index (χ1) is 9.65. The number of benzene rings is 1. The summed E-state index contributed by atoms with van der Waals surface area (Å²) in [5.41, 5.74) is 2.22. The number of carbonyl (C=O) groups is 2. The molecule has 2 aliphatic rings. The Hall–Kier alpha value is -1.88. The van der Waals surface area contributed by atoms with E-state index in [9.17, 15) is 9.59 Å². The van der Waals surface area contributed by atoms with Gasteiger partial charge in [0.25, 0.3) is 0 Å². The van der Waals surface area contributed by atoms with Gasteiger partial charge >= 0.3 is 5.97 Å². The molecule has 2 heterocycles. The molecule has 0 aromatic heterocycles. The highest BCUT2D eigenvalue weighted by molar-refractivity contribution is 5.96. The van der Waals surface area contributed by atoms with Gasteiger partial charge in [-0.2, -0.15) is 0 Å². The Balaban J connectivity index is 1.63. The largest absolute Gasteiger partial charge is 0.481 e. The Kier molecular flexibility index (Phi) is 3.44. The van der Waals surface area contributed by atoms with E-state index in [4.69, 9.17) is 5.11 Å². The summed E-state index contributed by atoms with van der Waals surface area (Å²) in [5.74, 6) is -1.01. The van der Waals surface area contributed by atoms with Crippen LogP contribution >= 0.6 is 0 Å². The van der Waals surface area contributed by atoms with Crippen LogP contribution in [0.4, 0.5) is 5.69 Å². The molecule has 1 aromatic carbocycles. The third-order valence-electron chi connectivity index (χ3n) is 4.17. The van der Waals surface area contributed by atoms with E-state index in [2.05, 4.69) is 6.07 Å². The minimum absolute atomic E-state index is 0.0704. The number of fused-ring (bicyclic) bond motifs is 1. The number of likely N-dealkylation sites (tertiary alicyclic amines) is 1. The fourth-order valence-electron chi connectivity index (χ4n) is 3.05. The summed E-state index contributed by atoms with van der Waals surface area (Å²) >= 11 is 0. The molecule has 0 spiro atoms. The standard InChI is InChI=1S/C15H18N2O3/c18-14(10-16-7-5-12(9-16)15(19)20)17-8-6-11-3-1-2-4-13(11)17/h1-4,12H,5-10H2,(H,19,20). The predicted octanol–water partition coefficient (Wildman–Crippen LogP) is 0.982. The third kappa shape index (κ3) is 2.41. The number of amides is 1. The van der Waals surface area contributed by atoms with Gasteiger partial charge in [0.15, 0.2) is 0 Å². The summed E-state index contributed by atoms with van der Waals surface area (Å²) < 4.78 is 0. The third-order valence-corrected chi connectivity index (χ3v) is 4.17. The second-order valence-electron chi connectivity index (χ2n) is 5.48. The second-order valence-corrected chi connectivity index (χ2v) is 5.48. The van der Waals surface area contributed by atoms with Crippen LogP contribution in [-0.4, -0.2) is 48.1 Å². The Morgan fingerprint density at radius 3 is 2.80 bits per heavy atom. The van der Waals surface area contributed by atoms with Crippen LogP contribution in [-0.2, 0) is 16.0 Å². The maximum Gasteiger partial charge on any atom is 0.307 e. The van der Waals surface area contributed by atoms with Crippen LogP contribution in [0.1, 0.15) is 12.0 Å². The lowest BCUT2D eigenvalue weighted by atomic mass is 10.1.